The molecule has 0 saturated heterocycles. The molecule has 52 heavy (non-hydrogen) atoms. The van der Waals surface area contributed by atoms with Crippen molar-refractivity contribution in [2.45, 2.75) is 19.6 Å². The molecule has 8 nitrogen and oxygen atoms in total. The van der Waals surface area contributed by atoms with Crippen LogP contribution in [0.15, 0.2) is 153 Å². The molecule has 1 heterocycles. The van der Waals surface area contributed by atoms with E-state index in [1.54, 1.807) is 43.4 Å². The van der Waals surface area contributed by atoms with E-state index in [1.165, 1.54) is 18.1 Å². The molecule has 5 rings (SSSR count). The molecular weight excluding hydrogens is 806 g/mol. The molecule has 11 heteroatoms. The van der Waals surface area contributed by atoms with Crippen LogP contribution in [0.1, 0.15) is 35.2 Å². The number of hydrogen-bond donors (Lipinski definition) is 1. The van der Waals surface area contributed by atoms with E-state index in [-0.39, 0.29) is 22.4 Å². The Morgan fingerprint density at radius 3 is 2.23 bits per heavy atom. The van der Waals surface area contributed by atoms with E-state index < -0.39 is 17.9 Å². The van der Waals surface area contributed by atoms with Gasteiger partial charge in [-0.15, -0.1) is 0 Å². The number of hydrogen-bond acceptors (Lipinski definition) is 6. The lowest BCUT2D eigenvalue weighted by atomic mass is 9.99. The average Bonchev–Trinajstić information content (AvgIpc) is 3.16. The van der Waals surface area contributed by atoms with Gasteiger partial charge in [-0.25, -0.2) is 0 Å². The highest BCUT2D eigenvalue weighted by molar-refractivity contribution is 9.10. The van der Waals surface area contributed by atoms with E-state index in [1.807, 2.05) is 84.9 Å². The van der Waals surface area contributed by atoms with Gasteiger partial charge < -0.3 is 14.8 Å². The molecule has 1 aliphatic heterocycles. The molecule has 3 amide bonds. The molecule has 0 spiro atoms. The van der Waals surface area contributed by atoms with Gasteiger partial charge in [0.15, 0.2) is 16.7 Å². The van der Waals surface area contributed by atoms with Gasteiger partial charge in [-0.1, -0.05) is 125 Å². The standard InChI is InChI=1S/C41H35Br2N3O5S/c1-4-6-17-32(5-2)46-40(49)33(22-28-23-34(43)38(35(24-28)50-3)51-25-27-18-20-31(42)21-19-27)39(48)45-41(46)52-26-36(47)44-37(29-13-9-7-10-14-29)30-15-11-8-12-16-30/h4-24,37H,1,25-26H2,2-3H3,(H,44,47)/b17-6-,32-5+,33-22+. The van der Waals surface area contributed by atoms with Crippen molar-refractivity contribution in [1.29, 1.82) is 0 Å². The number of thioether (sulfide) groups is 1. The Labute approximate surface area is 324 Å². The monoisotopic (exact) mass is 839 g/mol. The molecule has 1 N–H and O–H groups in total. The average molecular weight is 842 g/mol. The Morgan fingerprint density at radius 2 is 1.63 bits per heavy atom. The van der Waals surface area contributed by atoms with E-state index >= 15 is 0 Å². The van der Waals surface area contributed by atoms with E-state index in [9.17, 15) is 14.4 Å². The smallest absolute Gasteiger partial charge is 0.285 e. The Morgan fingerprint density at radius 1 is 0.981 bits per heavy atom. The summed E-state index contributed by atoms with van der Waals surface area (Å²) < 4.78 is 13.2. The number of nitrogens with zero attached hydrogens (tertiary/aromatic N) is 2. The van der Waals surface area contributed by atoms with Crippen molar-refractivity contribution >= 4 is 72.6 Å². The minimum absolute atomic E-state index is 0.0792. The first-order valence-electron chi connectivity index (χ1n) is 16.1. The Balaban J connectivity index is 1.41. The summed E-state index contributed by atoms with van der Waals surface area (Å²) in [6, 6.07) is 30.1. The summed E-state index contributed by atoms with van der Waals surface area (Å²) in [5.74, 6) is -0.845. The van der Waals surface area contributed by atoms with Crippen LogP contribution in [0.2, 0.25) is 0 Å². The van der Waals surface area contributed by atoms with Crippen LogP contribution < -0.4 is 14.8 Å². The van der Waals surface area contributed by atoms with Crippen LogP contribution in [0, 0.1) is 0 Å². The third-order valence-electron chi connectivity index (χ3n) is 7.77. The van der Waals surface area contributed by atoms with Gasteiger partial charge in [-0.05, 0) is 81.5 Å². The number of amidine groups is 1. The van der Waals surface area contributed by atoms with Crippen LogP contribution in [0.25, 0.3) is 6.08 Å². The fourth-order valence-electron chi connectivity index (χ4n) is 5.26. The number of carbonyl (C=O) groups is 3. The molecule has 0 bridgehead atoms. The Kier molecular flexibility index (Phi) is 13.6. The number of methoxy groups -OCH3 is 1. The number of amides is 3. The summed E-state index contributed by atoms with van der Waals surface area (Å²) in [6.07, 6.45) is 8.13. The first-order valence-corrected chi connectivity index (χ1v) is 18.7. The zero-order valence-corrected chi connectivity index (χ0v) is 32.4. The van der Waals surface area contributed by atoms with Crippen molar-refractivity contribution in [3.63, 3.8) is 0 Å². The zero-order chi connectivity index (χ0) is 37.0. The van der Waals surface area contributed by atoms with Crippen molar-refractivity contribution in [2.24, 2.45) is 4.99 Å². The summed E-state index contributed by atoms with van der Waals surface area (Å²) in [5, 5.41) is 3.18. The van der Waals surface area contributed by atoms with Crippen molar-refractivity contribution < 1.29 is 23.9 Å². The van der Waals surface area contributed by atoms with Crippen LogP contribution >= 0.6 is 43.6 Å². The number of halogens is 2. The number of rotatable bonds is 13. The van der Waals surface area contributed by atoms with Gasteiger partial charge in [0.05, 0.1) is 23.4 Å². The first kappa shape index (κ1) is 38.3. The Bertz CT molecular complexity index is 2020. The second-order valence-corrected chi connectivity index (χ2v) is 14.0. The maximum absolute atomic E-state index is 14.2. The molecule has 4 aromatic carbocycles. The molecule has 0 aliphatic carbocycles. The SMILES string of the molecule is C=C/C=C\C(=C/C)N1C(=O)/C(=C/c2cc(Br)c(OCc3ccc(Br)cc3)c(OC)c2)C(=O)N=C1SCC(=O)NC(c1ccccc1)c1ccccc1. The van der Waals surface area contributed by atoms with E-state index in [0.717, 1.165) is 32.9 Å². The number of benzene rings is 4. The third-order valence-corrected chi connectivity index (χ3v) is 9.83. The lowest BCUT2D eigenvalue weighted by Gasteiger charge is -2.28. The van der Waals surface area contributed by atoms with E-state index in [4.69, 9.17) is 9.47 Å². The van der Waals surface area contributed by atoms with Gasteiger partial charge in [-0.3, -0.25) is 19.3 Å². The highest BCUT2D eigenvalue weighted by Crippen LogP contribution is 2.38. The van der Waals surface area contributed by atoms with Gasteiger partial charge in [0.2, 0.25) is 5.91 Å². The molecule has 0 atom stereocenters. The van der Waals surface area contributed by atoms with Crippen molar-refractivity contribution in [3.05, 3.63) is 170 Å². The summed E-state index contributed by atoms with van der Waals surface area (Å²) in [6.45, 7) is 5.80. The summed E-state index contributed by atoms with van der Waals surface area (Å²) in [7, 11) is 1.51. The molecule has 4 aromatic rings. The molecule has 0 radical (unpaired) electrons. The number of aliphatic imine (C=N–C) groups is 1. The van der Waals surface area contributed by atoms with E-state index in [2.05, 4.69) is 48.7 Å². The molecule has 0 unspecified atom stereocenters. The third kappa shape index (κ3) is 9.67. The van der Waals surface area contributed by atoms with Crippen LogP contribution in [0.5, 0.6) is 11.5 Å². The summed E-state index contributed by atoms with van der Waals surface area (Å²) >= 11 is 8.01. The number of allylic oxidation sites excluding steroid dienone is 4. The predicted molar refractivity (Wildman–Crippen MR) is 215 cm³/mol. The molecule has 1 aliphatic rings. The Hall–Kier alpha value is -4.97. The van der Waals surface area contributed by atoms with Gasteiger partial charge in [0.1, 0.15) is 12.2 Å². The molecular formula is C41H35Br2N3O5S. The largest absolute Gasteiger partial charge is 0.493 e. The lowest BCUT2D eigenvalue weighted by molar-refractivity contribution is -0.126. The normalized spacial score (nSPS) is 14.2. The number of ether oxygens (including phenoxy) is 2. The molecule has 0 fully saturated rings. The molecule has 0 aromatic heterocycles. The van der Waals surface area contributed by atoms with Gasteiger partial charge in [0, 0.05) is 10.2 Å². The first-order chi connectivity index (χ1) is 25.2. The topological polar surface area (TPSA) is 97.3 Å². The maximum atomic E-state index is 14.2. The zero-order valence-electron chi connectivity index (χ0n) is 28.4. The maximum Gasteiger partial charge on any atom is 0.285 e. The second kappa shape index (κ2) is 18.5. The molecule has 264 valence electrons. The minimum Gasteiger partial charge on any atom is -0.493 e. The number of nitrogens with one attached hydrogen (secondary N) is 1. The van der Waals surface area contributed by atoms with E-state index in [0.29, 0.717) is 33.8 Å². The fourth-order valence-corrected chi connectivity index (χ4v) is 6.91. The lowest BCUT2D eigenvalue weighted by Crippen LogP contribution is -2.42. The molecule has 0 saturated carbocycles. The number of carbonyl (C=O) groups excluding carboxylic acids is 3. The quantitative estimate of drug-likeness (QED) is 0.0820. The van der Waals surface area contributed by atoms with Crippen LogP contribution in [0.3, 0.4) is 0 Å². The predicted octanol–water partition coefficient (Wildman–Crippen LogP) is 9.19. The van der Waals surface area contributed by atoms with Gasteiger partial charge in [-0.2, -0.15) is 4.99 Å². The van der Waals surface area contributed by atoms with Gasteiger partial charge in [0.25, 0.3) is 11.8 Å². The van der Waals surface area contributed by atoms with Crippen molar-refractivity contribution in [2.75, 3.05) is 12.9 Å². The summed E-state index contributed by atoms with van der Waals surface area (Å²) in [5.41, 5.74) is 3.61. The van der Waals surface area contributed by atoms with Crippen LogP contribution in [0.4, 0.5) is 0 Å². The minimum atomic E-state index is -0.732. The fraction of sp³-hybridized carbons (Fsp3) is 0.122. The van der Waals surface area contributed by atoms with Crippen molar-refractivity contribution in [3.8, 4) is 11.5 Å². The van der Waals surface area contributed by atoms with Crippen LogP contribution in [-0.2, 0) is 21.0 Å². The second-order valence-electron chi connectivity index (χ2n) is 11.3. The highest BCUT2D eigenvalue weighted by Gasteiger charge is 2.35. The van der Waals surface area contributed by atoms with Crippen LogP contribution in [-0.4, -0.2) is 40.7 Å². The van der Waals surface area contributed by atoms with Crippen molar-refractivity contribution in [1.82, 2.24) is 10.2 Å². The van der Waals surface area contributed by atoms with Gasteiger partial charge >= 0.3 is 0 Å². The summed E-state index contributed by atoms with van der Waals surface area (Å²) in [4.78, 5) is 46.8. The highest BCUT2D eigenvalue weighted by atomic mass is 79.9.